The third-order valence-electron chi connectivity index (χ3n) is 1.16. The molecule has 6 heteroatoms. The zero-order chi connectivity index (χ0) is 12.4. The molecule has 86 valence electrons. The number of rotatable bonds is 4. The molecule has 0 aliphatic rings. The maximum Gasteiger partial charge on any atom is 0.370 e. The van der Waals surface area contributed by atoms with Crippen LogP contribution in [0.25, 0.3) is 0 Å². The molecule has 0 rings (SSSR count). The zero-order valence-electron chi connectivity index (χ0n) is 8.30. The Hall–Kier alpha value is -1.82. The molecule has 0 fully saturated rings. The number of hydrogen-bond donors (Lipinski definition) is 4. The van der Waals surface area contributed by atoms with E-state index in [9.17, 15) is 9.59 Å². The lowest BCUT2D eigenvalue weighted by Gasteiger charge is -1.89. The predicted octanol–water partition coefficient (Wildman–Crippen LogP) is 0.542. The summed E-state index contributed by atoms with van der Waals surface area (Å²) >= 11 is 0. The molecule has 0 aromatic carbocycles. The van der Waals surface area contributed by atoms with Gasteiger partial charge < -0.3 is 20.4 Å². The molecule has 0 radical (unpaired) electrons. The number of aliphatic carboxylic acids is 2. The first-order valence-corrected chi connectivity index (χ1v) is 3.95. The largest absolute Gasteiger partial charge is 0.502 e. The molecule has 6 nitrogen and oxygen atoms in total. The van der Waals surface area contributed by atoms with Gasteiger partial charge in [-0.05, 0) is 19.9 Å². The summed E-state index contributed by atoms with van der Waals surface area (Å²) in [5.41, 5.74) is 0.282. The van der Waals surface area contributed by atoms with E-state index in [1.807, 2.05) is 0 Å². The molecule has 0 amide bonds. The van der Waals surface area contributed by atoms with Crippen molar-refractivity contribution in [2.24, 2.45) is 0 Å². The first-order valence-electron chi connectivity index (χ1n) is 3.95. The molecule has 0 aromatic rings. The van der Waals surface area contributed by atoms with Gasteiger partial charge in [-0.1, -0.05) is 6.08 Å². The van der Waals surface area contributed by atoms with Crippen molar-refractivity contribution in [3.63, 3.8) is 0 Å². The van der Waals surface area contributed by atoms with Crippen LogP contribution in [0.2, 0.25) is 0 Å². The van der Waals surface area contributed by atoms with Crippen molar-refractivity contribution in [1.82, 2.24) is 0 Å². The Morgan fingerprint density at radius 3 is 1.80 bits per heavy atom. The quantitative estimate of drug-likeness (QED) is 0.404. The third-order valence-corrected chi connectivity index (χ3v) is 1.16. The molecule has 4 N–H and O–H groups in total. The number of carbonyl (C=O) groups is 2. The molecule has 0 atom stereocenters. The lowest BCUT2D eigenvalue weighted by molar-refractivity contribution is -0.135. The van der Waals surface area contributed by atoms with Gasteiger partial charge in [-0.2, -0.15) is 0 Å². The average molecular weight is 218 g/mol. The maximum atomic E-state index is 10.1. The monoisotopic (exact) mass is 218 g/mol. The van der Waals surface area contributed by atoms with Crippen LogP contribution >= 0.6 is 0 Å². The van der Waals surface area contributed by atoms with Crippen molar-refractivity contribution < 1.29 is 30.0 Å². The van der Waals surface area contributed by atoms with Crippen LogP contribution in [0.4, 0.5) is 0 Å². The molecule has 0 spiro atoms. The first-order chi connectivity index (χ1) is 6.82. The highest BCUT2D eigenvalue weighted by atomic mass is 16.4. The fourth-order valence-corrected chi connectivity index (χ4v) is 0.368. The lowest BCUT2D eigenvalue weighted by atomic mass is 10.2. The highest BCUT2D eigenvalue weighted by Crippen LogP contribution is 1.93. The molecule has 15 heavy (non-hydrogen) atoms. The number of carboxylic acid groups (broad SMARTS) is 2. The molecular weight excluding hydrogens is 204 g/mol. The van der Waals surface area contributed by atoms with E-state index >= 15 is 0 Å². The number of aliphatic hydroxyl groups excluding tert-OH is 2. The molecular formula is C9H14O6. The van der Waals surface area contributed by atoms with E-state index in [4.69, 9.17) is 20.4 Å². The summed E-state index contributed by atoms with van der Waals surface area (Å²) in [6.07, 6.45) is 1.90. The van der Waals surface area contributed by atoms with Crippen molar-refractivity contribution in [2.45, 2.75) is 13.3 Å². The zero-order valence-corrected chi connectivity index (χ0v) is 8.30. The van der Waals surface area contributed by atoms with E-state index in [1.54, 1.807) is 0 Å². The second kappa shape index (κ2) is 8.76. The fourth-order valence-electron chi connectivity index (χ4n) is 0.368. The highest BCUT2D eigenvalue weighted by molar-refractivity contribution is 5.85. The summed E-state index contributed by atoms with van der Waals surface area (Å²) in [6.45, 7) is 4.21. The van der Waals surface area contributed by atoms with E-state index < -0.39 is 17.7 Å². The Kier molecular flexibility index (Phi) is 9.14. The number of hydrogen-bond acceptors (Lipinski definition) is 4. The maximum absolute atomic E-state index is 10.1. The Morgan fingerprint density at radius 1 is 1.20 bits per heavy atom. The molecule has 0 unspecified atom stereocenters. The Bertz CT molecular complexity index is 254. The van der Waals surface area contributed by atoms with Crippen molar-refractivity contribution in [3.8, 4) is 0 Å². The van der Waals surface area contributed by atoms with Gasteiger partial charge in [-0.3, -0.25) is 0 Å². The van der Waals surface area contributed by atoms with Crippen LogP contribution < -0.4 is 0 Å². The van der Waals surface area contributed by atoms with Crippen LogP contribution in [0.5, 0.6) is 0 Å². The molecule has 0 aromatic heterocycles. The summed E-state index contributed by atoms with van der Waals surface area (Å²) < 4.78 is 0. The minimum absolute atomic E-state index is 0.00458. The first kappa shape index (κ1) is 15.6. The Labute approximate surface area is 86.8 Å². The Balaban J connectivity index is 0. The number of carboxylic acids is 2. The molecule has 0 saturated carbocycles. The number of aliphatic hydroxyl groups is 2. The van der Waals surface area contributed by atoms with E-state index in [0.29, 0.717) is 6.42 Å². The van der Waals surface area contributed by atoms with Crippen LogP contribution in [0.15, 0.2) is 24.0 Å². The predicted molar refractivity (Wildman–Crippen MR) is 52.5 cm³/mol. The smallest absolute Gasteiger partial charge is 0.370 e. The van der Waals surface area contributed by atoms with Crippen LogP contribution in [0, 0.1) is 0 Å². The van der Waals surface area contributed by atoms with Gasteiger partial charge in [0.05, 0.1) is 0 Å². The van der Waals surface area contributed by atoms with Gasteiger partial charge in [0.25, 0.3) is 0 Å². The SMILES string of the molecule is C=C(O)C(=O)O.CC(=CCCO)C(=O)O. The van der Waals surface area contributed by atoms with E-state index in [2.05, 4.69) is 6.58 Å². The Morgan fingerprint density at radius 2 is 1.60 bits per heavy atom. The molecule has 0 bridgehead atoms. The summed E-state index contributed by atoms with van der Waals surface area (Å²) in [6, 6.07) is 0. The van der Waals surface area contributed by atoms with Gasteiger partial charge in [0.15, 0.2) is 5.76 Å². The minimum atomic E-state index is -1.38. The highest BCUT2D eigenvalue weighted by Gasteiger charge is 1.96. The van der Waals surface area contributed by atoms with E-state index in [-0.39, 0.29) is 12.2 Å². The molecule has 0 heterocycles. The van der Waals surface area contributed by atoms with Gasteiger partial charge >= 0.3 is 11.9 Å². The van der Waals surface area contributed by atoms with Gasteiger partial charge in [0, 0.05) is 12.2 Å². The van der Waals surface area contributed by atoms with E-state index in [1.165, 1.54) is 13.0 Å². The topological polar surface area (TPSA) is 115 Å². The fraction of sp³-hybridized carbons (Fsp3) is 0.333. The van der Waals surface area contributed by atoms with Gasteiger partial charge in [0.1, 0.15) is 0 Å². The second-order valence-corrected chi connectivity index (χ2v) is 2.46. The summed E-state index contributed by atoms with van der Waals surface area (Å²) in [7, 11) is 0. The van der Waals surface area contributed by atoms with Crippen molar-refractivity contribution in [1.29, 1.82) is 0 Å². The van der Waals surface area contributed by atoms with Gasteiger partial charge in [-0.15, -0.1) is 0 Å². The second-order valence-electron chi connectivity index (χ2n) is 2.46. The van der Waals surface area contributed by atoms with Crippen LogP contribution in [-0.2, 0) is 9.59 Å². The van der Waals surface area contributed by atoms with Crippen molar-refractivity contribution in [3.05, 3.63) is 24.0 Å². The molecule has 0 aliphatic carbocycles. The van der Waals surface area contributed by atoms with Crippen LogP contribution in [0.3, 0.4) is 0 Å². The summed E-state index contributed by atoms with van der Waals surface area (Å²) in [4.78, 5) is 19.4. The van der Waals surface area contributed by atoms with Crippen molar-refractivity contribution >= 4 is 11.9 Å². The van der Waals surface area contributed by atoms with Crippen LogP contribution in [0.1, 0.15) is 13.3 Å². The summed E-state index contributed by atoms with van der Waals surface area (Å²) in [5, 5.41) is 32.0. The van der Waals surface area contributed by atoms with Crippen LogP contribution in [-0.4, -0.2) is 39.0 Å². The standard InChI is InChI=1S/C6H10O3.C3H4O3/c1-5(6(8)9)3-2-4-7;1-2(4)3(5)6/h3,7H,2,4H2,1H3,(H,8,9);4H,1H2,(H,5,6). The van der Waals surface area contributed by atoms with E-state index in [0.717, 1.165) is 0 Å². The average Bonchev–Trinajstić information content (AvgIpc) is 2.14. The molecule has 0 saturated heterocycles. The minimum Gasteiger partial charge on any atom is -0.502 e. The van der Waals surface area contributed by atoms with Crippen molar-refractivity contribution in [2.75, 3.05) is 6.61 Å². The summed E-state index contributed by atoms with van der Waals surface area (Å²) in [5.74, 6) is -3.13. The third kappa shape index (κ3) is 12.2. The normalized spacial score (nSPS) is 9.87. The molecule has 0 aliphatic heterocycles. The van der Waals surface area contributed by atoms with Gasteiger partial charge in [0.2, 0.25) is 0 Å². The van der Waals surface area contributed by atoms with Gasteiger partial charge in [-0.25, -0.2) is 9.59 Å². The lowest BCUT2D eigenvalue weighted by Crippen LogP contribution is -1.95.